The molecule has 39 heavy (non-hydrogen) atoms. The molecule has 2 saturated heterocycles. The van der Waals surface area contributed by atoms with Gasteiger partial charge in [-0.3, -0.25) is 4.72 Å². The van der Waals surface area contributed by atoms with Gasteiger partial charge in [0.05, 0.1) is 29.5 Å². The lowest BCUT2D eigenvalue weighted by Gasteiger charge is -2.30. The third-order valence-electron chi connectivity index (χ3n) is 6.08. The van der Waals surface area contributed by atoms with Crippen molar-refractivity contribution in [3.05, 3.63) is 41.0 Å². The number of aryl methyl sites for hydroxylation is 1. The highest BCUT2D eigenvalue weighted by molar-refractivity contribution is 7.93. The van der Waals surface area contributed by atoms with Crippen molar-refractivity contribution < 1.29 is 35.5 Å². The smallest absolute Gasteiger partial charge is 0.262 e. The van der Waals surface area contributed by atoms with Crippen molar-refractivity contribution in [2.45, 2.75) is 37.0 Å². The lowest BCUT2D eigenvalue weighted by Crippen LogP contribution is -2.49. The number of thiazole rings is 1. The maximum absolute atomic E-state index is 14.9. The molecule has 0 amide bonds. The highest BCUT2D eigenvalue weighted by Gasteiger charge is 2.36. The van der Waals surface area contributed by atoms with Crippen molar-refractivity contribution in [3.8, 4) is 22.2 Å². The number of piperidine rings is 1. The number of hydrogen-bond acceptors (Lipinski definition) is 10. The second-order valence-corrected chi connectivity index (χ2v) is 12.3. The molecule has 3 aromatic rings. The van der Waals surface area contributed by atoms with Gasteiger partial charge in [-0.15, -0.1) is 11.3 Å². The molecule has 4 heterocycles. The molecule has 2 aliphatic rings. The molecule has 3 N–H and O–H groups in total. The molecular formula is C23H24F4N6O4S2. The molecule has 1 aromatic carbocycles. The molecule has 0 saturated carbocycles. The van der Waals surface area contributed by atoms with Crippen molar-refractivity contribution in [2.24, 2.45) is 0 Å². The van der Waals surface area contributed by atoms with Gasteiger partial charge in [0.1, 0.15) is 10.1 Å². The Hall–Kier alpha value is -3.08. The highest BCUT2D eigenvalue weighted by Crippen LogP contribution is 2.39. The molecule has 2 fully saturated rings. The van der Waals surface area contributed by atoms with Crippen LogP contribution in [0.4, 0.5) is 29.2 Å². The third-order valence-corrected chi connectivity index (χ3v) is 8.80. The molecule has 2 atom stereocenters. The van der Waals surface area contributed by atoms with Crippen molar-refractivity contribution in [3.63, 3.8) is 0 Å². The third kappa shape index (κ3) is 6.23. The van der Waals surface area contributed by atoms with E-state index in [2.05, 4.69) is 30.3 Å². The molecule has 0 aliphatic carbocycles. The summed E-state index contributed by atoms with van der Waals surface area (Å²) in [5, 5.41) is 5.22. The van der Waals surface area contributed by atoms with Gasteiger partial charge in [0.25, 0.3) is 5.92 Å². The van der Waals surface area contributed by atoms with E-state index in [0.717, 1.165) is 12.1 Å². The summed E-state index contributed by atoms with van der Waals surface area (Å²) >= 11 is 1.17. The Morgan fingerprint density at radius 1 is 1.21 bits per heavy atom. The van der Waals surface area contributed by atoms with E-state index >= 15 is 0 Å². The number of benzene rings is 1. The van der Waals surface area contributed by atoms with E-state index < -0.39 is 56.9 Å². The topological polar surface area (TPSA) is 127 Å². The van der Waals surface area contributed by atoms with Crippen molar-refractivity contribution in [2.75, 3.05) is 36.3 Å². The molecule has 0 bridgehead atoms. The fourth-order valence-electron chi connectivity index (χ4n) is 4.20. The quantitative estimate of drug-likeness (QED) is 0.336. The predicted molar refractivity (Wildman–Crippen MR) is 136 cm³/mol. The van der Waals surface area contributed by atoms with E-state index in [0.29, 0.717) is 22.1 Å². The van der Waals surface area contributed by atoms with Crippen LogP contribution in [0.25, 0.3) is 10.6 Å². The van der Waals surface area contributed by atoms with Gasteiger partial charge in [0, 0.05) is 31.8 Å². The van der Waals surface area contributed by atoms with E-state index in [1.54, 1.807) is 13.0 Å². The normalized spacial score (nSPS) is 21.1. The minimum Gasteiger partial charge on any atom is -0.434 e. The summed E-state index contributed by atoms with van der Waals surface area (Å²) in [4.78, 5) is 13.1. The van der Waals surface area contributed by atoms with E-state index in [-0.39, 0.29) is 37.9 Å². The summed E-state index contributed by atoms with van der Waals surface area (Å²) in [5.74, 6) is -6.18. The number of nitrogens with zero attached hydrogens (tertiary/aromatic N) is 3. The second-order valence-electron chi connectivity index (χ2n) is 9.14. The number of ether oxygens (including phenoxy) is 2. The summed E-state index contributed by atoms with van der Waals surface area (Å²) in [6.07, 6.45) is 1.29. The zero-order valence-electron chi connectivity index (χ0n) is 20.5. The Balaban J connectivity index is 1.36. The van der Waals surface area contributed by atoms with Crippen LogP contribution in [0, 0.1) is 18.6 Å². The van der Waals surface area contributed by atoms with Crippen LogP contribution in [0.5, 0.6) is 11.6 Å². The van der Waals surface area contributed by atoms with Gasteiger partial charge in [0.15, 0.2) is 11.6 Å². The van der Waals surface area contributed by atoms with Crippen LogP contribution in [0.15, 0.2) is 24.4 Å². The van der Waals surface area contributed by atoms with Gasteiger partial charge in [-0.1, -0.05) is 0 Å². The standard InChI is InChI=1S/C23H24F4N6O4S2/c1-12-30-21(20(38-12)16-4-6-29-22(32-16)31-13-8-23(26,27)11-28-9-13)37-17-3-2-15(18(24)19(17)25)33-39(34,35)14-5-7-36-10-14/h2-4,6,13-14,28,33H,5,7-11H2,1H3,(H,29,31,32)/t13-,14+/m0/s1. The predicted octanol–water partition coefficient (Wildman–Crippen LogP) is 3.92. The van der Waals surface area contributed by atoms with E-state index in [9.17, 15) is 26.0 Å². The van der Waals surface area contributed by atoms with Gasteiger partial charge in [-0.2, -0.15) is 4.39 Å². The van der Waals surface area contributed by atoms with Crippen LogP contribution in [0.2, 0.25) is 0 Å². The van der Waals surface area contributed by atoms with Crippen LogP contribution < -0.4 is 20.1 Å². The highest BCUT2D eigenvalue weighted by atomic mass is 32.2. The number of nitrogens with one attached hydrogen (secondary N) is 3. The fraction of sp³-hybridized carbons (Fsp3) is 0.435. The number of rotatable bonds is 8. The molecule has 0 radical (unpaired) electrons. The lowest BCUT2D eigenvalue weighted by atomic mass is 10.0. The summed E-state index contributed by atoms with van der Waals surface area (Å²) in [6.45, 7) is 1.83. The largest absolute Gasteiger partial charge is 0.434 e. The Morgan fingerprint density at radius 2 is 2.03 bits per heavy atom. The average Bonchev–Trinajstić information content (AvgIpc) is 3.54. The summed E-state index contributed by atoms with van der Waals surface area (Å²) in [7, 11) is -3.98. The zero-order valence-corrected chi connectivity index (χ0v) is 22.1. The molecule has 10 nitrogen and oxygen atoms in total. The number of sulfonamides is 1. The van der Waals surface area contributed by atoms with Gasteiger partial charge < -0.3 is 20.1 Å². The zero-order chi connectivity index (χ0) is 27.8. The first-order valence-electron chi connectivity index (χ1n) is 11.9. The molecule has 16 heteroatoms. The Labute approximate surface area is 225 Å². The number of aromatic nitrogens is 3. The number of alkyl halides is 2. The van der Waals surface area contributed by atoms with Crippen LogP contribution in [0.3, 0.4) is 0 Å². The van der Waals surface area contributed by atoms with Crippen molar-refractivity contribution in [1.82, 2.24) is 20.3 Å². The molecule has 2 aliphatic heterocycles. The number of anilines is 2. The van der Waals surface area contributed by atoms with Crippen LogP contribution >= 0.6 is 11.3 Å². The molecule has 210 valence electrons. The van der Waals surface area contributed by atoms with Crippen LogP contribution in [0.1, 0.15) is 17.8 Å². The van der Waals surface area contributed by atoms with Gasteiger partial charge in [0.2, 0.25) is 27.7 Å². The Kier molecular flexibility index (Phi) is 7.63. The Morgan fingerprint density at radius 3 is 2.77 bits per heavy atom. The lowest BCUT2D eigenvalue weighted by molar-refractivity contribution is -0.0244. The van der Waals surface area contributed by atoms with Gasteiger partial charge in [-0.25, -0.2) is 36.5 Å². The minimum atomic E-state index is -3.98. The first-order chi connectivity index (χ1) is 18.5. The first kappa shape index (κ1) is 27.5. The van der Waals surface area contributed by atoms with Crippen LogP contribution in [-0.4, -0.2) is 66.9 Å². The second kappa shape index (κ2) is 10.8. The fourth-order valence-corrected chi connectivity index (χ4v) is 6.33. The monoisotopic (exact) mass is 588 g/mol. The minimum absolute atomic E-state index is 0.0309. The van der Waals surface area contributed by atoms with Crippen molar-refractivity contribution in [1.29, 1.82) is 0 Å². The maximum atomic E-state index is 14.9. The van der Waals surface area contributed by atoms with E-state index in [4.69, 9.17) is 9.47 Å². The molecular weight excluding hydrogens is 564 g/mol. The van der Waals surface area contributed by atoms with Gasteiger partial charge in [-0.05, 0) is 31.5 Å². The average molecular weight is 589 g/mol. The molecule has 0 unspecified atom stereocenters. The number of hydrogen-bond donors (Lipinski definition) is 3. The SMILES string of the molecule is Cc1nc(Oc2ccc(NS(=O)(=O)[C@@H]3CCOC3)c(F)c2F)c(-c2ccnc(N[C@@H]3CNCC(F)(F)C3)n2)s1. The summed E-state index contributed by atoms with van der Waals surface area (Å²) in [5.41, 5.74) is -0.233. The van der Waals surface area contributed by atoms with Crippen molar-refractivity contribution >= 4 is 33.0 Å². The maximum Gasteiger partial charge on any atom is 0.262 e. The molecule has 0 spiro atoms. The number of halogens is 4. The van der Waals surface area contributed by atoms with Gasteiger partial charge >= 0.3 is 0 Å². The molecule has 2 aromatic heterocycles. The first-order valence-corrected chi connectivity index (χ1v) is 14.3. The van der Waals surface area contributed by atoms with Crippen LogP contribution in [-0.2, 0) is 14.8 Å². The summed E-state index contributed by atoms with van der Waals surface area (Å²) < 4.78 is 94.9. The van der Waals surface area contributed by atoms with E-state index in [1.165, 1.54) is 17.5 Å². The Bertz CT molecular complexity index is 1470. The van der Waals surface area contributed by atoms with E-state index in [1.807, 2.05) is 0 Å². The molecule has 5 rings (SSSR count). The summed E-state index contributed by atoms with van der Waals surface area (Å²) in [6, 6.07) is 3.08.